The maximum Gasteiger partial charge on any atom is 0.228 e. The number of ether oxygens (including phenoxy) is 1. The van der Waals surface area contributed by atoms with E-state index in [4.69, 9.17) is 4.74 Å². The van der Waals surface area contributed by atoms with Gasteiger partial charge in [0.15, 0.2) is 6.20 Å². The summed E-state index contributed by atoms with van der Waals surface area (Å²) in [6.07, 6.45) is 3.24. The van der Waals surface area contributed by atoms with Crippen molar-refractivity contribution in [3.05, 3.63) is 77.5 Å². The third-order valence-electron chi connectivity index (χ3n) is 6.99. The summed E-state index contributed by atoms with van der Waals surface area (Å²) in [6.45, 7) is 8.99. The van der Waals surface area contributed by atoms with Crippen LogP contribution in [0.5, 0.6) is 11.5 Å². The van der Waals surface area contributed by atoms with E-state index in [0.29, 0.717) is 5.92 Å². The van der Waals surface area contributed by atoms with Crippen molar-refractivity contribution in [2.24, 2.45) is 13.0 Å². The maximum atomic E-state index is 6.75. The van der Waals surface area contributed by atoms with Gasteiger partial charge in [-0.05, 0) is 82.4 Å². The van der Waals surface area contributed by atoms with Gasteiger partial charge in [-0.1, -0.05) is 44.2 Å². The Labute approximate surface area is 189 Å². The SMILES string of the molecule is Cc1c2c(c(C)c3cc4ccccc4cc13)-c1c3c(cc(CC(C)C)cc3cc[n+]1C)O2. The summed E-state index contributed by atoms with van der Waals surface area (Å²) in [7, 11) is 2.15. The Morgan fingerprint density at radius 3 is 2.22 bits per heavy atom. The molecule has 0 unspecified atom stereocenters. The molecule has 4 aromatic carbocycles. The summed E-state index contributed by atoms with van der Waals surface area (Å²) in [4.78, 5) is 0. The zero-order valence-corrected chi connectivity index (χ0v) is 19.4. The molecular formula is C30H28NO+. The van der Waals surface area contributed by atoms with E-state index < -0.39 is 0 Å². The van der Waals surface area contributed by atoms with Crippen LogP contribution in [0.4, 0.5) is 0 Å². The van der Waals surface area contributed by atoms with E-state index in [1.165, 1.54) is 60.3 Å². The number of nitrogens with zero attached hydrogens (tertiary/aromatic N) is 1. The third-order valence-corrected chi connectivity index (χ3v) is 6.99. The van der Waals surface area contributed by atoms with Crippen molar-refractivity contribution >= 4 is 32.3 Å². The van der Waals surface area contributed by atoms with Gasteiger partial charge in [-0.3, -0.25) is 0 Å². The molecule has 2 heterocycles. The topological polar surface area (TPSA) is 13.1 Å². The Balaban J connectivity index is 1.74. The molecular weight excluding hydrogens is 390 g/mol. The van der Waals surface area contributed by atoms with Crippen LogP contribution in [0.25, 0.3) is 43.6 Å². The molecule has 0 saturated carbocycles. The second kappa shape index (κ2) is 6.80. The number of rotatable bonds is 2. The number of pyridine rings is 1. The first-order chi connectivity index (χ1) is 15.4. The summed E-state index contributed by atoms with van der Waals surface area (Å²) in [5, 5.41) is 7.60. The first kappa shape index (κ1) is 19.3. The van der Waals surface area contributed by atoms with Gasteiger partial charge in [-0.2, -0.15) is 0 Å². The summed E-state index contributed by atoms with van der Waals surface area (Å²) in [5.41, 5.74) is 6.31. The summed E-state index contributed by atoms with van der Waals surface area (Å²) in [5.74, 6) is 2.60. The first-order valence-electron chi connectivity index (χ1n) is 11.5. The minimum atomic E-state index is 0.607. The van der Waals surface area contributed by atoms with Gasteiger partial charge in [0.25, 0.3) is 0 Å². The van der Waals surface area contributed by atoms with E-state index in [-0.39, 0.29) is 0 Å². The van der Waals surface area contributed by atoms with Crippen LogP contribution in [-0.2, 0) is 13.5 Å². The van der Waals surface area contributed by atoms with Gasteiger partial charge < -0.3 is 4.74 Å². The normalized spacial score (nSPS) is 12.6. The zero-order chi connectivity index (χ0) is 22.1. The second-order valence-electron chi connectivity index (χ2n) is 9.73. The minimum Gasteiger partial charge on any atom is -0.455 e. The van der Waals surface area contributed by atoms with Crippen LogP contribution in [0.2, 0.25) is 0 Å². The molecule has 0 aliphatic carbocycles. The van der Waals surface area contributed by atoms with Crippen molar-refractivity contribution in [2.45, 2.75) is 34.1 Å². The first-order valence-corrected chi connectivity index (χ1v) is 11.5. The van der Waals surface area contributed by atoms with E-state index >= 15 is 0 Å². The van der Waals surface area contributed by atoms with Crippen LogP contribution < -0.4 is 9.30 Å². The highest BCUT2D eigenvalue weighted by atomic mass is 16.5. The zero-order valence-electron chi connectivity index (χ0n) is 19.4. The van der Waals surface area contributed by atoms with Gasteiger partial charge >= 0.3 is 0 Å². The molecule has 0 fully saturated rings. The Hall–Kier alpha value is -3.39. The molecule has 158 valence electrons. The van der Waals surface area contributed by atoms with Crippen molar-refractivity contribution < 1.29 is 9.30 Å². The van der Waals surface area contributed by atoms with E-state index in [9.17, 15) is 0 Å². The molecule has 32 heavy (non-hydrogen) atoms. The van der Waals surface area contributed by atoms with Crippen LogP contribution in [0.3, 0.4) is 0 Å². The quantitative estimate of drug-likeness (QED) is 0.209. The molecule has 1 aliphatic heterocycles. The molecule has 1 aliphatic rings. The third kappa shape index (κ3) is 2.69. The van der Waals surface area contributed by atoms with Crippen LogP contribution >= 0.6 is 0 Å². The fourth-order valence-corrected chi connectivity index (χ4v) is 5.49. The average Bonchev–Trinajstić information content (AvgIpc) is 2.77. The molecule has 0 amide bonds. The number of fused-ring (bicyclic) bond motifs is 4. The molecule has 0 spiro atoms. The van der Waals surface area contributed by atoms with Crippen LogP contribution in [-0.4, -0.2) is 0 Å². The van der Waals surface area contributed by atoms with Crippen molar-refractivity contribution in [1.29, 1.82) is 0 Å². The lowest BCUT2D eigenvalue weighted by Gasteiger charge is -2.25. The molecule has 5 aromatic rings. The monoisotopic (exact) mass is 418 g/mol. The predicted molar refractivity (Wildman–Crippen MR) is 134 cm³/mol. The lowest BCUT2D eigenvalue weighted by Crippen LogP contribution is -2.32. The highest BCUT2D eigenvalue weighted by Crippen LogP contribution is 2.51. The largest absolute Gasteiger partial charge is 0.455 e. The molecule has 0 bridgehead atoms. The highest BCUT2D eigenvalue weighted by molar-refractivity contribution is 6.09. The average molecular weight is 419 g/mol. The van der Waals surface area contributed by atoms with Crippen molar-refractivity contribution in [3.63, 3.8) is 0 Å². The van der Waals surface area contributed by atoms with Crippen LogP contribution in [0.1, 0.15) is 30.5 Å². The fraction of sp³-hybridized carbons (Fsp3) is 0.233. The lowest BCUT2D eigenvalue weighted by atomic mass is 9.87. The molecule has 0 atom stereocenters. The minimum absolute atomic E-state index is 0.607. The van der Waals surface area contributed by atoms with Crippen molar-refractivity contribution in [3.8, 4) is 22.8 Å². The molecule has 2 nitrogen and oxygen atoms in total. The summed E-state index contributed by atoms with van der Waals surface area (Å²) >= 11 is 0. The van der Waals surface area contributed by atoms with Gasteiger partial charge in [-0.15, -0.1) is 0 Å². The molecule has 1 aromatic heterocycles. The smallest absolute Gasteiger partial charge is 0.228 e. The fourth-order valence-electron chi connectivity index (χ4n) is 5.49. The summed E-state index contributed by atoms with van der Waals surface area (Å²) in [6, 6.07) is 20.1. The van der Waals surface area contributed by atoms with Gasteiger partial charge in [0.2, 0.25) is 5.69 Å². The number of benzene rings is 4. The van der Waals surface area contributed by atoms with E-state index in [1.54, 1.807) is 0 Å². The predicted octanol–water partition coefficient (Wildman–Crippen LogP) is 7.56. The van der Waals surface area contributed by atoms with Crippen molar-refractivity contribution in [2.75, 3.05) is 0 Å². The second-order valence-corrected chi connectivity index (χ2v) is 9.73. The van der Waals surface area contributed by atoms with Gasteiger partial charge in [0.05, 0.1) is 10.9 Å². The molecule has 0 N–H and O–H groups in total. The lowest BCUT2D eigenvalue weighted by molar-refractivity contribution is -0.659. The number of aryl methyl sites for hydroxylation is 3. The van der Waals surface area contributed by atoms with Crippen LogP contribution in [0, 0.1) is 19.8 Å². The van der Waals surface area contributed by atoms with Gasteiger partial charge in [-0.25, -0.2) is 4.57 Å². The molecule has 0 saturated heterocycles. The Morgan fingerprint density at radius 1 is 0.844 bits per heavy atom. The van der Waals surface area contributed by atoms with Crippen molar-refractivity contribution in [1.82, 2.24) is 0 Å². The van der Waals surface area contributed by atoms with Gasteiger partial charge in [0.1, 0.15) is 18.5 Å². The van der Waals surface area contributed by atoms with E-state index in [0.717, 1.165) is 17.9 Å². The Morgan fingerprint density at radius 2 is 1.53 bits per heavy atom. The van der Waals surface area contributed by atoms with Crippen LogP contribution in [0.15, 0.2) is 60.8 Å². The van der Waals surface area contributed by atoms with Gasteiger partial charge in [0, 0.05) is 11.6 Å². The molecule has 0 radical (unpaired) electrons. The Kier molecular flexibility index (Phi) is 4.10. The van der Waals surface area contributed by atoms with E-state index in [1.807, 2.05) is 0 Å². The number of hydrogen-bond donors (Lipinski definition) is 0. The van der Waals surface area contributed by atoms with E-state index in [2.05, 4.69) is 100 Å². The Bertz CT molecular complexity index is 1580. The summed E-state index contributed by atoms with van der Waals surface area (Å²) < 4.78 is 9.00. The standard InChI is InChI=1S/C30H28NO/c1-17(2)12-20-13-23-10-11-31(5)29-27-18(3)24-15-21-8-6-7-9-22(21)16-25(24)19(4)30(27)32-26(14-20)28(23)29/h6-11,13-17H,12H2,1-5H3/q+1. The highest BCUT2D eigenvalue weighted by Gasteiger charge is 2.32. The molecule has 6 rings (SSSR count). The number of hydrogen-bond acceptors (Lipinski definition) is 1. The maximum absolute atomic E-state index is 6.75. The number of aromatic nitrogens is 1. The molecule has 2 heteroatoms.